The topological polar surface area (TPSA) is 69.6 Å². The minimum atomic E-state index is -0.575. The highest BCUT2D eigenvalue weighted by Gasteiger charge is 2.13. The second-order valence-corrected chi connectivity index (χ2v) is 3.14. The zero-order valence-electron chi connectivity index (χ0n) is 8.27. The van der Waals surface area contributed by atoms with Gasteiger partial charge in [-0.15, -0.1) is 5.10 Å². The lowest BCUT2D eigenvalue weighted by atomic mass is 10.2. The molecule has 2 aromatic rings. The summed E-state index contributed by atoms with van der Waals surface area (Å²) in [5.74, 6) is -0.949. The number of halogens is 2. The average Bonchev–Trinajstić information content (AvgIpc) is 2.70. The van der Waals surface area contributed by atoms with Crippen LogP contribution in [-0.4, -0.2) is 26.8 Å². The number of hydrogen-bond acceptors (Lipinski definition) is 4. The molecule has 0 bridgehead atoms. The molecule has 0 spiro atoms. The maximum absolute atomic E-state index is 13.4. The molecule has 0 unspecified atom stereocenters. The summed E-state index contributed by atoms with van der Waals surface area (Å²) in [6, 6.07) is 3.12. The van der Waals surface area contributed by atoms with Crippen molar-refractivity contribution in [2.45, 2.75) is 6.54 Å². The van der Waals surface area contributed by atoms with Crippen molar-refractivity contribution < 1.29 is 8.78 Å². The van der Waals surface area contributed by atoms with Crippen molar-refractivity contribution in [2.24, 2.45) is 5.73 Å². The summed E-state index contributed by atoms with van der Waals surface area (Å²) >= 11 is 0. The van der Waals surface area contributed by atoms with Gasteiger partial charge >= 0.3 is 0 Å². The van der Waals surface area contributed by atoms with E-state index >= 15 is 0 Å². The third-order valence-electron chi connectivity index (χ3n) is 2.04. The van der Waals surface area contributed by atoms with Gasteiger partial charge in [-0.2, -0.15) is 0 Å². The summed E-state index contributed by atoms with van der Waals surface area (Å²) in [4.78, 5) is 0. The minimum absolute atomic E-state index is 0.0263. The van der Waals surface area contributed by atoms with Gasteiger partial charge in [0, 0.05) is 6.54 Å². The van der Waals surface area contributed by atoms with Crippen molar-refractivity contribution in [3.63, 3.8) is 0 Å². The molecule has 16 heavy (non-hydrogen) atoms. The van der Waals surface area contributed by atoms with Crippen LogP contribution in [0.3, 0.4) is 0 Å². The summed E-state index contributed by atoms with van der Waals surface area (Å²) in [7, 11) is 0. The summed E-state index contributed by atoms with van der Waals surface area (Å²) in [5, 5.41) is 10.7. The second-order valence-electron chi connectivity index (χ2n) is 3.14. The van der Waals surface area contributed by atoms with Gasteiger partial charge in [-0.3, -0.25) is 0 Å². The van der Waals surface area contributed by atoms with Crippen LogP contribution >= 0.6 is 0 Å². The molecule has 0 saturated heterocycles. The Morgan fingerprint density at radius 3 is 2.88 bits per heavy atom. The number of nitrogens with two attached hydrogens (primary N) is 1. The van der Waals surface area contributed by atoms with Crippen molar-refractivity contribution in [2.75, 3.05) is 6.54 Å². The molecule has 2 rings (SSSR count). The van der Waals surface area contributed by atoms with E-state index in [-0.39, 0.29) is 11.4 Å². The van der Waals surface area contributed by atoms with Crippen LogP contribution in [0.1, 0.15) is 0 Å². The quantitative estimate of drug-likeness (QED) is 0.829. The van der Waals surface area contributed by atoms with Crippen LogP contribution in [0.15, 0.2) is 18.2 Å². The molecule has 1 heterocycles. The van der Waals surface area contributed by atoms with E-state index < -0.39 is 11.6 Å². The number of rotatable bonds is 3. The lowest BCUT2D eigenvalue weighted by Crippen LogP contribution is -2.12. The Balaban J connectivity index is 2.49. The molecule has 0 radical (unpaired) electrons. The first-order valence-electron chi connectivity index (χ1n) is 4.64. The van der Waals surface area contributed by atoms with Crippen LogP contribution in [0.5, 0.6) is 0 Å². The molecule has 7 heteroatoms. The molecule has 0 amide bonds. The fraction of sp³-hybridized carbons (Fsp3) is 0.222. The highest BCUT2D eigenvalue weighted by molar-refractivity contribution is 5.55. The Morgan fingerprint density at radius 1 is 1.31 bits per heavy atom. The fourth-order valence-corrected chi connectivity index (χ4v) is 1.34. The summed E-state index contributed by atoms with van der Waals surface area (Å²) in [6.07, 6.45) is 0. The molecule has 84 valence electrons. The highest BCUT2D eigenvalue weighted by Crippen LogP contribution is 2.20. The lowest BCUT2D eigenvalue weighted by molar-refractivity contribution is 0.586. The van der Waals surface area contributed by atoms with Crippen LogP contribution in [0, 0.1) is 11.6 Å². The van der Waals surface area contributed by atoms with Gasteiger partial charge in [0.15, 0.2) is 5.82 Å². The predicted octanol–water partition coefficient (Wildman–Crippen LogP) is 0.577. The standard InChI is InChI=1S/C9H9F2N5/c10-6-1-2-8(11)7(5-6)9-13-14-15-16(9)4-3-12/h1-2,5H,3-4,12H2. The first-order valence-corrected chi connectivity index (χ1v) is 4.64. The summed E-state index contributed by atoms with van der Waals surface area (Å²) < 4.78 is 27.8. The van der Waals surface area contributed by atoms with Gasteiger partial charge in [-0.25, -0.2) is 13.5 Å². The minimum Gasteiger partial charge on any atom is -0.329 e. The number of nitrogens with zero attached hydrogens (tertiary/aromatic N) is 4. The Hall–Kier alpha value is -1.89. The highest BCUT2D eigenvalue weighted by atomic mass is 19.1. The molecule has 1 aromatic carbocycles. The SMILES string of the molecule is NCCn1nnnc1-c1cc(F)ccc1F. The van der Waals surface area contributed by atoms with E-state index in [2.05, 4.69) is 15.5 Å². The van der Waals surface area contributed by atoms with Crippen LogP contribution in [-0.2, 0) is 6.54 Å². The van der Waals surface area contributed by atoms with E-state index in [1.165, 1.54) is 4.68 Å². The van der Waals surface area contributed by atoms with Gasteiger partial charge in [0.2, 0.25) is 0 Å². The molecule has 0 aliphatic heterocycles. The third kappa shape index (κ3) is 1.89. The first-order chi connectivity index (χ1) is 7.72. The van der Waals surface area contributed by atoms with Crippen LogP contribution < -0.4 is 5.73 Å². The van der Waals surface area contributed by atoms with Gasteiger partial charge in [-0.1, -0.05) is 0 Å². The molecule has 0 fully saturated rings. The molecular formula is C9H9F2N5. The maximum atomic E-state index is 13.4. The van der Waals surface area contributed by atoms with Gasteiger partial charge in [0.05, 0.1) is 12.1 Å². The molecular weight excluding hydrogens is 216 g/mol. The Morgan fingerprint density at radius 2 is 2.12 bits per heavy atom. The molecule has 1 aromatic heterocycles. The number of tetrazole rings is 1. The van der Waals surface area contributed by atoms with Crippen molar-refractivity contribution in [1.29, 1.82) is 0 Å². The molecule has 0 aliphatic rings. The van der Waals surface area contributed by atoms with E-state index in [1.54, 1.807) is 0 Å². The van der Waals surface area contributed by atoms with Crippen molar-refractivity contribution >= 4 is 0 Å². The van der Waals surface area contributed by atoms with Crippen molar-refractivity contribution in [3.05, 3.63) is 29.8 Å². The largest absolute Gasteiger partial charge is 0.329 e. The molecule has 0 atom stereocenters. The number of hydrogen-bond donors (Lipinski definition) is 1. The summed E-state index contributed by atoms with van der Waals surface area (Å²) in [6.45, 7) is 0.660. The number of benzene rings is 1. The van der Waals surface area contributed by atoms with Crippen molar-refractivity contribution in [1.82, 2.24) is 20.2 Å². The predicted molar refractivity (Wildman–Crippen MR) is 52.2 cm³/mol. The molecule has 0 aliphatic carbocycles. The Labute approximate surface area is 89.9 Å². The van der Waals surface area contributed by atoms with E-state index in [1.807, 2.05) is 0 Å². The zero-order valence-corrected chi connectivity index (χ0v) is 8.27. The summed E-state index contributed by atoms with van der Waals surface area (Å²) in [5.41, 5.74) is 5.38. The van der Waals surface area contributed by atoms with Crippen molar-refractivity contribution in [3.8, 4) is 11.4 Å². The average molecular weight is 225 g/mol. The Bertz CT molecular complexity index is 496. The molecule has 5 nitrogen and oxygen atoms in total. The second kappa shape index (κ2) is 4.31. The van der Waals surface area contributed by atoms with Gasteiger partial charge < -0.3 is 5.73 Å². The Kier molecular flexibility index (Phi) is 2.86. The monoisotopic (exact) mass is 225 g/mol. The van der Waals surface area contributed by atoms with Gasteiger partial charge in [0.1, 0.15) is 11.6 Å². The lowest BCUT2D eigenvalue weighted by Gasteiger charge is -2.03. The van der Waals surface area contributed by atoms with Gasteiger partial charge in [0.25, 0.3) is 0 Å². The van der Waals surface area contributed by atoms with Gasteiger partial charge in [-0.05, 0) is 28.6 Å². The van der Waals surface area contributed by atoms with E-state index in [9.17, 15) is 8.78 Å². The van der Waals surface area contributed by atoms with E-state index in [4.69, 9.17) is 5.73 Å². The normalized spacial score (nSPS) is 10.7. The maximum Gasteiger partial charge on any atom is 0.185 e. The van der Waals surface area contributed by atoms with Crippen LogP contribution in [0.25, 0.3) is 11.4 Å². The van der Waals surface area contributed by atoms with Crippen LogP contribution in [0.4, 0.5) is 8.78 Å². The smallest absolute Gasteiger partial charge is 0.185 e. The van der Waals surface area contributed by atoms with E-state index in [0.717, 1.165) is 18.2 Å². The zero-order chi connectivity index (χ0) is 11.5. The fourth-order valence-electron chi connectivity index (χ4n) is 1.34. The first kappa shape index (κ1) is 10.6. The molecule has 0 saturated carbocycles. The van der Waals surface area contributed by atoms with E-state index in [0.29, 0.717) is 13.1 Å². The number of aromatic nitrogens is 4. The molecule has 2 N–H and O–H groups in total. The third-order valence-corrected chi connectivity index (χ3v) is 2.04. The van der Waals surface area contributed by atoms with Crippen LogP contribution in [0.2, 0.25) is 0 Å².